The number of hydrogen-bond donors (Lipinski definition) is 0. The number of methoxy groups -OCH3 is 1. The molecule has 0 amide bonds. The van der Waals surface area contributed by atoms with Crippen molar-refractivity contribution in [1.29, 1.82) is 0 Å². The van der Waals surface area contributed by atoms with Gasteiger partial charge in [0.2, 0.25) is 0 Å². The molecule has 0 fully saturated rings. The van der Waals surface area contributed by atoms with E-state index in [2.05, 4.69) is 27.7 Å². The highest BCUT2D eigenvalue weighted by Crippen LogP contribution is 2.36. The molecule has 8 heteroatoms. The van der Waals surface area contributed by atoms with Gasteiger partial charge in [-0.1, -0.05) is 30.3 Å². The van der Waals surface area contributed by atoms with Crippen LogP contribution in [0.15, 0.2) is 48.5 Å². The summed E-state index contributed by atoms with van der Waals surface area (Å²) >= 11 is 2.12. The minimum Gasteiger partial charge on any atom is -0.497 e. The van der Waals surface area contributed by atoms with Gasteiger partial charge >= 0.3 is 6.61 Å². The van der Waals surface area contributed by atoms with Crippen molar-refractivity contribution in [3.8, 4) is 22.8 Å². The summed E-state index contributed by atoms with van der Waals surface area (Å²) in [6, 6.07) is 14.9. The Labute approximate surface area is 192 Å². The molecule has 2 aromatic carbocycles. The van der Waals surface area contributed by atoms with Crippen molar-refractivity contribution in [1.82, 2.24) is 14.8 Å². The number of benzene rings is 2. The molecule has 0 atom stereocenters. The fourth-order valence-electron chi connectivity index (χ4n) is 3.45. The third-order valence-electron chi connectivity index (χ3n) is 5.22. The number of pyridine rings is 1. The van der Waals surface area contributed by atoms with Crippen molar-refractivity contribution in [3.05, 3.63) is 68.9 Å². The van der Waals surface area contributed by atoms with Crippen molar-refractivity contribution < 1.29 is 18.3 Å². The molecule has 4 rings (SSSR count). The zero-order chi connectivity index (χ0) is 22.1. The van der Waals surface area contributed by atoms with E-state index >= 15 is 0 Å². The normalized spacial score (nSPS) is 11.3. The topological polar surface area (TPSA) is 49.2 Å². The number of halogens is 3. The predicted molar refractivity (Wildman–Crippen MR) is 124 cm³/mol. The highest BCUT2D eigenvalue weighted by molar-refractivity contribution is 14.1. The van der Waals surface area contributed by atoms with Crippen molar-refractivity contribution in [2.45, 2.75) is 27.0 Å². The lowest BCUT2D eigenvalue weighted by atomic mass is 10.00. The van der Waals surface area contributed by atoms with Crippen LogP contribution in [0.2, 0.25) is 0 Å². The third-order valence-corrected chi connectivity index (χ3v) is 5.94. The minimum atomic E-state index is -2.96. The fourth-order valence-corrected chi connectivity index (χ4v) is 4.11. The molecule has 0 aliphatic heterocycles. The molecule has 0 bridgehead atoms. The number of aromatic nitrogens is 3. The van der Waals surface area contributed by atoms with Crippen LogP contribution in [0.5, 0.6) is 11.5 Å². The van der Waals surface area contributed by atoms with Crippen LogP contribution in [0.25, 0.3) is 22.3 Å². The summed E-state index contributed by atoms with van der Waals surface area (Å²) in [6.45, 7) is 1.42. The van der Waals surface area contributed by atoms with Crippen LogP contribution in [0, 0.1) is 17.5 Å². The van der Waals surface area contributed by atoms with Gasteiger partial charge in [0.15, 0.2) is 5.75 Å². The zero-order valence-corrected chi connectivity index (χ0v) is 19.4. The van der Waals surface area contributed by atoms with Gasteiger partial charge in [0.05, 0.1) is 19.2 Å². The summed E-state index contributed by atoms with van der Waals surface area (Å²) in [5, 5.41) is 4.59. The van der Waals surface area contributed by atoms with Gasteiger partial charge in [0.1, 0.15) is 20.7 Å². The summed E-state index contributed by atoms with van der Waals surface area (Å²) in [5.74, 6) is 0.791. The monoisotopic (exact) mass is 535 g/mol. The lowest BCUT2D eigenvalue weighted by molar-refractivity contribution is -0.0495. The maximum absolute atomic E-state index is 13.2. The van der Waals surface area contributed by atoms with E-state index in [-0.39, 0.29) is 5.75 Å². The Balaban J connectivity index is 1.85. The van der Waals surface area contributed by atoms with E-state index < -0.39 is 6.61 Å². The minimum absolute atomic E-state index is 0.0310. The van der Waals surface area contributed by atoms with E-state index in [1.165, 1.54) is 0 Å². The first-order valence-corrected chi connectivity index (χ1v) is 10.7. The molecule has 31 heavy (non-hydrogen) atoms. The molecule has 0 aliphatic rings. The molecule has 5 nitrogen and oxygen atoms in total. The first kappa shape index (κ1) is 21.5. The number of nitrogens with zero attached hydrogens (tertiary/aromatic N) is 3. The summed E-state index contributed by atoms with van der Waals surface area (Å²) in [6.07, 6.45) is 0. The number of ether oxygens (including phenoxy) is 2. The summed E-state index contributed by atoms with van der Waals surface area (Å²) in [5.41, 5.74) is 5.43. The lowest BCUT2D eigenvalue weighted by Crippen LogP contribution is -2.06. The van der Waals surface area contributed by atoms with Gasteiger partial charge in [0.25, 0.3) is 0 Å². The van der Waals surface area contributed by atoms with Crippen molar-refractivity contribution in [2.24, 2.45) is 0 Å². The second-order valence-corrected chi connectivity index (χ2v) is 8.15. The second kappa shape index (κ2) is 8.78. The molecule has 0 radical (unpaired) electrons. The molecule has 0 unspecified atom stereocenters. The van der Waals surface area contributed by atoms with Crippen molar-refractivity contribution in [3.63, 3.8) is 0 Å². The van der Waals surface area contributed by atoms with Gasteiger partial charge in [0, 0.05) is 11.6 Å². The average molecular weight is 535 g/mol. The Hall–Kier alpha value is -2.75. The SMILES string of the molecule is COc1ccc(Cn2nc(I)c3nc(-c4cccc(C)c4C)c(OC(F)F)cc32)cc1. The van der Waals surface area contributed by atoms with Gasteiger partial charge in [-0.25, -0.2) is 4.98 Å². The van der Waals surface area contributed by atoms with Crippen LogP contribution in [0.1, 0.15) is 16.7 Å². The molecule has 160 valence electrons. The highest BCUT2D eigenvalue weighted by atomic mass is 127. The van der Waals surface area contributed by atoms with E-state index in [9.17, 15) is 8.78 Å². The van der Waals surface area contributed by atoms with Crippen LogP contribution in [-0.4, -0.2) is 28.5 Å². The lowest BCUT2D eigenvalue weighted by Gasteiger charge is -2.14. The molecule has 0 spiro atoms. The molecule has 0 aliphatic carbocycles. The quantitative estimate of drug-likeness (QED) is 0.285. The predicted octanol–water partition coefficient (Wildman–Crippen LogP) is 5.98. The van der Waals surface area contributed by atoms with Crippen LogP contribution in [-0.2, 0) is 6.54 Å². The van der Waals surface area contributed by atoms with Gasteiger partial charge in [-0.3, -0.25) is 4.68 Å². The number of rotatable bonds is 6. The molecule has 4 aromatic rings. The summed E-state index contributed by atoms with van der Waals surface area (Å²) < 4.78 is 39.0. The molecule has 0 saturated heterocycles. The van der Waals surface area contributed by atoms with Gasteiger partial charge in [-0.2, -0.15) is 13.9 Å². The van der Waals surface area contributed by atoms with E-state index in [0.29, 0.717) is 27.0 Å². The van der Waals surface area contributed by atoms with Crippen LogP contribution >= 0.6 is 22.6 Å². The Bertz CT molecular complexity index is 1240. The Kier molecular flexibility index (Phi) is 6.08. The largest absolute Gasteiger partial charge is 0.497 e. The van der Waals surface area contributed by atoms with E-state index in [1.54, 1.807) is 17.9 Å². The summed E-state index contributed by atoms with van der Waals surface area (Å²) in [7, 11) is 1.61. The van der Waals surface area contributed by atoms with Gasteiger partial charge in [-0.15, -0.1) is 0 Å². The molecular weight excluding hydrogens is 515 g/mol. The van der Waals surface area contributed by atoms with Crippen molar-refractivity contribution >= 4 is 33.6 Å². The van der Waals surface area contributed by atoms with Gasteiger partial charge < -0.3 is 9.47 Å². The highest BCUT2D eigenvalue weighted by Gasteiger charge is 2.20. The van der Waals surface area contributed by atoms with Crippen LogP contribution in [0.4, 0.5) is 8.78 Å². The number of aryl methyl sites for hydroxylation is 1. The first-order valence-electron chi connectivity index (χ1n) is 9.58. The van der Waals surface area contributed by atoms with E-state index in [0.717, 1.165) is 28.0 Å². The Morgan fingerprint density at radius 2 is 1.84 bits per heavy atom. The Morgan fingerprint density at radius 1 is 1.10 bits per heavy atom. The number of hydrogen-bond acceptors (Lipinski definition) is 4. The van der Waals surface area contributed by atoms with E-state index in [1.807, 2.05) is 56.3 Å². The standard InChI is InChI=1S/C23H20F2IN3O2/c1-13-5-4-6-17(14(13)2)20-19(31-23(24)25)11-18-21(27-20)22(26)28-29(18)12-15-7-9-16(30-3)10-8-15/h4-11,23H,12H2,1-3H3. The molecular formula is C23H20F2IN3O2. The van der Waals surface area contributed by atoms with Crippen molar-refractivity contribution in [2.75, 3.05) is 7.11 Å². The second-order valence-electron chi connectivity index (χ2n) is 7.13. The Morgan fingerprint density at radius 3 is 2.52 bits per heavy atom. The maximum atomic E-state index is 13.2. The van der Waals surface area contributed by atoms with Gasteiger partial charge in [-0.05, 0) is 65.3 Å². The maximum Gasteiger partial charge on any atom is 0.387 e. The fraction of sp³-hybridized carbons (Fsp3) is 0.217. The smallest absolute Gasteiger partial charge is 0.387 e. The van der Waals surface area contributed by atoms with Crippen LogP contribution < -0.4 is 9.47 Å². The van der Waals surface area contributed by atoms with Crippen LogP contribution in [0.3, 0.4) is 0 Å². The van der Waals surface area contributed by atoms with E-state index in [4.69, 9.17) is 14.5 Å². The molecule has 0 saturated carbocycles. The number of fused-ring (bicyclic) bond motifs is 1. The number of alkyl halides is 2. The average Bonchev–Trinajstić information content (AvgIpc) is 3.04. The summed E-state index contributed by atoms with van der Waals surface area (Å²) in [4.78, 5) is 4.72. The molecule has 0 N–H and O–H groups in total. The molecule has 2 heterocycles. The molecule has 2 aromatic heterocycles. The third kappa shape index (κ3) is 4.34. The first-order chi connectivity index (χ1) is 14.9. The zero-order valence-electron chi connectivity index (χ0n) is 17.2.